The van der Waals surface area contributed by atoms with Crippen LogP contribution >= 0.6 is 23.5 Å². The van der Waals surface area contributed by atoms with Gasteiger partial charge in [0.1, 0.15) is 0 Å². The van der Waals surface area contributed by atoms with Gasteiger partial charge in [0.2, 0.25) is 0 Å². The maximum atomic E-state index is 12.3. The van der Waals surface area contributed by atoms with Crippen molar-refractivity contribution < 1.29 is 38.7 Å². The summed E-state index contributed by atoms with van der Waals surface area (Å²) in [4.78, 5) is 23.7. The first-order chi connectivity index (χ1) is 10.5. The van der Waals surface area contributed by atoms with Gasteiger partial charge in [-0.05, 0) is 29.2 Å². The number of hydrogen-bond donors (Lipinski definition) is 2. The summed E-state index contributed by atoms with van der Waals surface area (Å²) in [6.45, 7) is 3.58. The summed E-state index contributed by atoms with van der Waals surface area (Å²) < 4.78 is 0. The van der Waals surface area contributed by atoms with E-state index in [2.05, 4.69) is 5.32 Å². The predicted molar refractivity (Wildman–Crippen MR) is 89.3 cm³/mol. The van der Waals surface area contributed by atoms with Gasteiger partial charge in [0.05, 0.1) is 17.5 Å². The molecule has 1 aromatic carbocycles. The Balaban J connectivity index is 0.00000484. The third-order valence-electron chi connectivity index (χ3n) is 2.57. The number of aliphatic carboxylic acids is 1. The molecule has 0 atom stereocenters. The summed E-state index contributed by atoms with van der Waals surface area (Å²) in [7, 11) is 0. The average molecular weight is 347 g/mol. The fraction of sp³-hybridized carbons (Fsp3) is 0.333. The molecule has 5 nitrogen and oxygen atoms in total. The van der Waals surface area contributed by atoms with Crippen LogP contribution < -0.4 is 29.3 Å². The fourth-order valence-corrected chi connectivity index (χ4v) is 3.29. The monoisotopic (exact) mass is 347 g/mol. The van der Waals surface area contributed by atoms with Gasteiger partial charge >= 0.3 is 18.9 Å². The number of carboxylic acid groups (broad SMARTS) is 1. The Kier molecular flexibility index (Phi) is 11.2. The van der Waals surface area contributed by atoms with E-state index in [1.165, 1.54) is 11.8 Å². The minimum Gasteiger partial charge on any atom is -0.544 e. The number of rotatable bonds is 8. The molecule has 1 amide bonds. The fourth-order valence-electron chi connectivity index (χ4n) is 1.62. The Morgan fingerprint density at radius 2 is 1.61 bits per heavy atom. The number of anilines is 1. The van der Waals surface area contributed by atoms with Gasteiger partial charge in [-0.2, -0.15) is 0 Å². The summed E-state index contributed by atoms with van der Waals surface area (Å²) in [6, 6.07) is 6.69. The number of hydrogen-bond acceptors (Lipinski definition) is 6. The van der Waals surface area contributed by atoms with Crippen molar-refractivity contribution in [2.75, 3.05) is 16.8 Å². The molecule has 0 radical (unpaired) electrons. The number of amides is 1. The van der Waals surface area contributed by atoms with E-state index in [-0.39, 0.29) is 35.3 Å². The molecule has 0 fully saturated rings. The molecule has 120 valence electrons. The van der Waals surface area contributed by atoms with Gasteiger partial charge in [0.25, 0.3) is 5.91 Å². The van der Waals surface area contributed by atoms with E-state index in [1.807, 2.05) is 13.8 Å². The van der Waals surface area contributed by atoms with Crippen LogP contribution in [0.3, 0.4) is 0 Å². The van der Waals surface area contributed by atoms with E-state index in [9.17, 15) is 14.7 Å². The van der Waals surface area contributed by atoms with Gasteiger partial charge in [0.15, 0.2) is 0 Å². The number of nitrogens with one attached hydrogen (secondary N) is 1. The number of carboxylic acids is 1. The van der Waals surface area contributed by atoms with Gasteiger partial charge in [-0.15, -0.1) is 23.5 Å². The first-order valence-electron chi connectivity index (χ1n) is 6.75. The molecule has 0 heterocycles. The molecule has 1 rings (SSSR count). The molecule has 0 unspecified atom stereocenters. The van der Waals surface area contributed by atoms with Crippen LogP contribution in [0.2, 0.25) is 0 Å². The third-order valence-corrected chi connectivity index (χ3v) is 4.61. The van der Waals surface area contributed by atoms with Gasteiger partial charge in [-0.25, -0.2) is 0 Å². The Labute approximate surface area is 156 Å². The van der Waals surface area contributed by atoms with E-state index in [4.69, 9.17) is 5.11 Å². The SMILES string of the molecule is CCS/C(C(=O)[O-])=C(\SCC)C(=O)Nc1ccc(CO)cc1.[Li+]. The summed E-state index contributed by atoms with van der Waals surface area (Å²) in [5.74, 6) is -0.694. The quantitative estimate of drug-likeness (QED) is 0.444. The molecule has 1 aromatic rings. The Morgan fingerprint density at radius 3 is 2.04 bits per heavy atom. The van der Waals surface area contributed by atoms with Crippen molar-refractivity contribution >= 4 is 41.1 Å². The summed E-state index contributed by atoms with van der Waals surface area (Å²) in [5, 5.41) is 22.9. The smallest absolute Gasteiger partial charge is 0.544 e. The average Bonchev–Trinajstić information content (AvgIpc) is 2.51. The van der Waals surface area contributed by atoms with Crippen LogP contribution in [0.15, 0.2) is 34.1 Å². The van der Waals surface area contributed by atoms with Crippen LogP contribution in [0.5, 0.6) is 0 Å². The van der Waals surface area contributed by atoms with Crippen LogP contribution in [0.4, 0.5) is 5.69 Å². The molecule has 8 heteroatoms. The van der Waals surface area contributed by atoms with Crippen LogP contribution in [0.1, 0.15) is 19.4 Å². The van der Waals surface area contributed by atoms with Gasteiger partial charge in [0, 0.05) is 10.6 Å². The number of carbonyl (C=O) groups excluding carboxylic acids is 2. The van der Waals surface area contributed by atoms with Crippen molar-refractivity contribution in [2.24, 2.45) is 0 Å². The van der Waals surface area contributed by atoms with Gasteiger partial charge < -0.3 is 20.3 Å². The van der Waals surface area contributed by atoms with Crippen LogP contribution in [0.25, 0.3) is 0 Å². The predicted octanol–water partition coefficient (Wildman–Crippen LogP) is -1.41. The van der Waals surface area contributed by atoms with Crippen molar-refractivity contribution in [1.29, 1.82) is 0 Å². The summed E-state index contributed by atoms with van der Waals surface area (Å²) >= 11 is 2.25. The Hall–Kier alpha value is -0.843. The number of carbonyl (C=O) groups is 2. The second kappa shape index (κ2) is 11.7. The first kappa shape index (κ1) is 22.2. The number of aliphatic hydroxyl groups excluding tert-OH is 1. The van der Waals surface area contributed by atoms with Crippen molar-refractivity contribution in [3.8, 4) is 0 Å². The second-order valence-corrected chi connectivity index (χ2v) is 6.67. The van der Waals surface area contributed by atoms with Crippen LogP contribution in [-0.4, -0.2) is 28.5 Å². The van der Waals surface area contributed by atoms with Crippen LogP contribution in [0, 0.1) is 0 Å². The number of aliphatic hydroxyl groups is 1. The molecule has 0 saturated carbocycles. The molecule has 0 spiro atoms. The summed E-state index contributed by atoms with van der Waals surface area (Å²) in [6.07, 6.45) is 0. The standard InChI is InChI=1S/C15H19NO4S2.Li/c1-3-21-12(13(15(19)20)22-4-2)14(18)16-11-7-5-10(9-17)6-8-11;/h5-8,17H,3-4,9H2,1-2H3,(H,16,18)(H,19,20);/q;+1/p-1/b13-12-;. The molecule has 23 heavy (non-hydrogen) atoms. The summed E-state index contributed by atoms with van der Waals surface area (Å²) in [5.41, 5.74) is 1.27. The minimum absolute atomic E-state index is 0. The molecule has 2 N–H and O–H groups in total. The third kappa shape index (κ3) is 7.06. The number of thioether (sulfide) groups is 2. The Bertz CT molecular complexity index is 561. The molecule has 0 aliphatic rings. The number of benzene rings is 1. The normalized spacial score (nSPS) is 11.3. The van der Waals surface area contributed by atoms with Gasteiger partial charge in [-0.3, -0.25) is 4.79 Å². The van der Waals surface area contributed by atoms with Crippen molar-refractivity contribution in [3.63, 3.8) is 0 Å². The largest absolute Gasteiger partial charge is 1.00 e. The van der Waals surface area contributed by atoms with E-state index >= 15 is 0 Å². The molecular formula is C15H18LiNO4S2. The van der Waals surface area contributed by atoms with Crippen molar-refractivity contribution in [2.45, 2.75) is 20.5 Å². The zero-order valence-electron chi connectivity index (χ0n) is 13.4. The van der Waals surface area contributed by atoms with E-state index in [0.29, 0.717) is 17.2 Å². The molecule has 0 saturated heterocycles. The van der Waals surface area contributed by atoms with Crippen molar-refractivity contribution in [1.82, 2.24) is 0 Å². The van der Waals surface area contributed by atoms with Crippen molar-refractivity contribution in [3.05, 3.63) is 39.6 Å². The Morgan fingerprint density at radius 1 is 1.09 bits per heavy atom. The second-order valence-electron chi connectivity index (χ2n) is 4.12. The van der Waals surface area contributed by atoms with E-state index < -0.39 is 11.9 Å². The molecular weight excluding hydrogens is 329 g/mol. The van der Waals surface area contributed by atoms with E-state index in [0.717, 1.165) is 17.3 Å². The molecule has 0 aromatic heterocycles. The van der Waals surface area contributed by atoms with Gasteiger partial charge in [-0.1, -0.05) is 26.0 Å². The van der Waals surface area contributed by atoms with Crippen LogP contribution in [-0.2, 0) is 16.2 Å². The van der Waals surface area contributed by atoms with E-state index in [1.54, 1.807) is 24.3 Å². The zero-order valence-corrected chi connectivity index (χ0v) is 15.1. The molecule has 0 aliphatic heterocycles. The topological polar surface area (TPSA) is 89.5 Å². The molecule has 0 aliphatic carbocycles. The first-order valence-corrected chi connectivity index (χ1v) is 8.72. The molecule has 0 bridgehead atoms. The minimum atomic E-state index is -1.34. The maximum absolute atomic E-state index is 12.3. The zero-order chi connectivity index (χ0) is 16.5. The maximum Gasteiger partial charge on any atom is 1.00 e.